The standard InChI is InChI=1S/C15H14N2O3S2/c1-3-7-16-14(18)13(22-15(16)21)9-10-5-6-11(4-2)12(8-10)17(19)20/h3,5-6,8-9H,1,4,7H2,2H3/b13-9-. The van der Waals surface area contributed by atoms with Crippen LogP contribution in [0.15, 0.2) is 35.8 Å². The molecule has 1 aliphatic rings. The minimum absolute atomic E-state index is 0.0674. The topological polar surface area (TPSA) is 63.5 Å². The monoisotopic (exact) mass is 334 g/mol. The average molecular weight is 334 g/mol. The molecule has 1 saturated heterocycles. The third-order valence-corrected chi connectivity index (χ3v) is 4.55. The van der Waals surface area contributed by atoms with Crippen LogP contribution in [-0.2, 0) is 11.2 Å². The summed E-state index contributed by atoms with van der Waals surface area (Å²) in [5, 5.41) is 11.1. The zero-order valence-corrected chi connectivity index (χ0v) is 13.6. The first-order valence-corrected chi connectivity index (χ1v) is 7.84. The van der Waals surface area contributed by atoms with Crippen molar-refractivity contribution in [3.8, 4) is 0 Å². The van der Waals surface area contributed by atoms with E-state index in [-0.39, 0.29) is 11.6 Å². The molecule has 0 spiro atoms. The summed E-state index contributed by atoms with van der Waals surface area (Å²) in [4.78, 5) is 24.8. The molecule has 1 fully saturated rings. The number of rotatable bonds is 5. The highest BCUT2D eigenvalue weighted by atomic mass is 32.2. The van der Waals surface area contributed by atoms with E-state index in [1.807, 2.05) is 6.92 Å². The average Bonchev–Trinajstić information content (AvgIpc) is 2.75. The Labute approximate surface area is 137 Å². The van der Waals surface area contributed by atoms with E-state index in [1.165, 1.54) is 22.7 Å². The van der Waals surface area contributed by atoms with Crippen molar-refractivity contribution in [1.82, 2.24) is 4.90 Å². The zero-order valence-electron chi connectivity index (χ0n) is 11.9. The van der Waals surface area contributed by atoms with E-state index in [4.69, 9.17) is 12.2 Å². The summed E-state index contributed by atoms with van der Waals surface area (Å²) in [5.41, 5.74) is 1.35. The molecule has 2 rings (SSSR count). The van der Waals surface area contributed by atoms with Gasteiger partial charge in [0.1, 0.15) is 4.32 Å². The van der Waals surface area contributed by atoms with Gasteiger partial charge in [0.2, 0.25) is 0 Å². The summed E-state index contributed by atoms with van der Waals surface area (Å²) in [6, 6.07) is 4.97. The first-order valence-electron chi connectivity index (χ1n) is 6.61. The van der Waals surface area contributed by atoms with Gasteiger partial charge in [-0.2, -0.15) is 0 Å². The second kappa shape index (κ2) is 6.85. The van der Waals surface area contributed by atoms with Crippen LogP contribution < -0.4 is 0 Å². The number of carbonyl (C=O) groups excluding carboxylic acids is 1. The number of thioether (sulfide) groups is 1. The molecule has 1 aromatic rings. The van der Waals surface area contributed by atoms with Crippen molar-refractivity contribution < 1.29 is 9.72 Å². The number of nitro benzene ring substituents is 1. The molecule has 0 bridgehead atoms. The van der Waals surface area contributed by atoms with Gasteiger partial charge >= 0.3 is 0 Å². The Morgan fingerprint density at radius 1 is 1.50 bits per heavy atom. The number of carbonyl (C=O) groups is 1. The lowest BCUT2D eigenvalue weighted by Gasteiger charge is -2.10. The summed E-state index contributed by atoms with van der Waals surface area (Å²) in [6.07, 6.45) is 3.82. The maximum atomic E-state index is 12.2. The van der Waals surface area contributed by atoms with Crippen LogP contribution in [0.1, 0.15) is 18.1 Å². The number of nitrogens with zero attached hydrogens (tertiary/aromatic N) is 2. The van der Waals surface area contributed by atoms with E-state index in [0.29, 0.717) is 33.3 Å². The molecule has 0 N–H and O–H groups in total. The van der Waals surface area contributed by atoms with Crippen molar-refractivity contribution in [2.75, 3.05) is 6.54 Å². The lowest BCUT2D eigenvalue weighted by atomic mass is 10.1. The van der Waals surface area contributed by atoms with Gasteiger partial charge in [0.05, 0.1) is 9.83 Å². The molecule has 7 heteroatoms. The largest absolute Gasteiger partial charge is 0.289 e. The Morgan fingerprint density at radius 2 is 2.23 bits per heavy atom. The van der Waals surface area contributed by atoms with Crippen LogP contribution in [0.4, 0.5) is 5.69 Å². The number of aryl methyl sites for hydroxylation is 1. The van der Waals surface area contributed by atoms with E-state index >= 15 is 0 Å². The molecule has 22 heavy (non-hydrogen) atoms. The third-order valence-electron chi connectivity index (χ3n) is 3.17. The highest BCUT2D eigenvalue weighted by Crippen LogP contribution is 2.33. The van der Waals surface area contributed by atoms with E-state index in [2.05, 4.69) is 6.58 Å². The van der Waals surface area contributed by atoms with Crippen molar-refractivity contribution in [2.24, 2.45) is 0 Å². The molecule has 1 aromatic carbocycles. The Hall–Kier alpha value is -1.99. The lowest BCUT2D eigenvalue weighted by molar-refractivity contribution is -0.385. The predicted octanol–water partition coefficient (Wildman–Crippen LogP) is 3.54. The Balaban J connectivity index is 2.36. The number of thiocarbonyl (C=S) groups is 1. The molecule has 5 nitrogen and oxygen atoms in total. The fourth-order valence-electron chi connectivity index (χ4n) is 2.08. The van der Waals surface area contributed by atoms with Gasteiger partial charge in [0.25, 0.3) is 11.6 Å². The van der Waals surface area contributed by atoms with Gasteiger partial charge < -0.3 is 0 Å². The van der Waals surface area contributed by atoms with Crippen LogP contribution in [0, 0.1) is 10.1 Å². The molecule has 0 unspecified atom stereocenters. The molecular weight excluding hydrogens is 320 g/mol. The number of nitro groups is 1. The Kier molecular flexibility index (Phi) is 5.10. The van der Waals surface area contributed by atoms with Crippen LogP contribution in [0.3, 0.4) is 0 Å². The van der Waals surface area contributed by atoms with Crippen molar-refractivity contribution in [2.45, 2.75) is 13.3 Å². The van der Waals surface area contributed by atoms with Gasteiger partial charge in [-0.1, -0.05) is 49.1 Å². The van der Waals surface area contributed by atoms with Crippen molar-refractivity contribution >= 4 is 46.0 Å². The second-order valence-corrected chi connectivity index (χ2v) is 6.26. The highest BCUT2D eigenvalue weighted by molar-refractivity contribution is 8.26. The molecule has 0 aliphatic carbocycles. The summed E-state index contributed by atoms with van der Waals surface area (Å²) in [6.45, 7) is 5.82. The van der Waals surface area contributed by atoms with Crippen LogP contribution in [0.5, 0.6) is 0 Å². The van der Waals surface area contributed by atoms with E-state index in [0.717, 1.165) is 0 Å². The minimum atomic E-state index is -0.404. The first-order chi connectivity index (χ1) is 10.5. The van der Waals surface area contributed by atoms with Gasteiger partial charge in [-0.3, -0.25) is 19.8 Å². The fourth-order valence-corrected chi connectivity index (χ4v) is 3.35. The number of amides is 1. The van der Waals surface area contributed by atoms with Crippen LogP contribution in [0.2, 0.25) is 0 Å². The van der Waals surface area contributed by atoms with E-state index in [1.54, 1.807) is 24.3 Å². The summed E-state index contributed by atoms with van der Waals surface area (Å²) < 4.78 is 0.468. The Bertz CT molecular complexity index is 698. The normalized spacial score (nSPS) is 16.4. The van der Waals surface area contributed by atoms with E-state index < -0.39 is 4.92 Å². The predicted molar refractivity (Wildman–Crippen MR) is 92.6 cm³/mol. The molecule has 0 saturated carbocycles. The van der Waals surface area contributed by atoms with Gasteiger partial charge in [0.15, 0.2) is 0 Å². The SMILES string of the molecule is C=CCN1C(=O)/C(=C/c2ccc(CC)c([N+](=O)[O-])c2)SC1=S. The van der Waals surface area contributed by atoms with Gasteiger partial charge in [-0.15, -0.1) is 6.58 Å². The minimum Gasteiger partial charge on any atom is -0.289 e. The molecule has 1 amide bonds. The quantitative estimate of drug-likeness (QED) is 0.271. The second-order valence-electron chi connectivity index (χ2n) is 4.58. The number of hydrogen-bond donors (Lipinski definition) is 0. The van der Waals surface area contributed by atoms with Crippen LogP contribution >= 0.6 is 24.0 Å². The van der Waals surface area contributed by atoms with Gasteiger partial charge in [-0.25, -0.2) is 0 Å². The van der Waals surface area contributed by atoms with Gasteiger partial charge in [-0.05, 0) is 18.1 Å². The third kappa shape index (κ3) is 3.26. The van der Waals surface area contributed by atoms with Crippen LogP contribution in [-0.4, -0.2) is 26.6 Å². The Morgan fingerprint density at radius 3 is 2.82 bits per heavy atom. The first kappa shape index (κ1) is 16.4. The maximum Gasteiger partial charge on any atom is 0.273 e. The molecule has 0 radical (unpaired) electrons. The zero-order chi connectivity index (χ0) is 16.3. The number of benzene rings is 1. The summed E-state index contributed by atoms with van der Waals surface area (Å²) in [5.74, 6) is -0.197. The van der Waals surface area contributed by atoms with Gasteiger partial charge in [0, 0.05) is 18.2 Å². The summed E-state index contributed by atoms with van der Waals surface area (Å²) >= 11 is 6.35. The fraction of sp³-hybridized carbons (Fsp3) is 0.200. The molecule has 0 aromatic heterocycles. The molecule has 0 atom stereocenters. The van der Waals surface area contributed by atoms with Crippen LogP contribution in [0.25, 0.3) is 6.08 Å². The van der Waals surface area contributed by atoms with Crippen molar-refractivity contribution in [1.29, 1.82) is 0 Å². The van der Waals surface area contributed by atoms with Crippen molar-refractivity contribution in [3.63, 3.8) is 0 Å². The molecule has 1 aliphatic heterocycles. The molecule has 114 valence electrons. The van der Waals surface area contributed by atoms with Crippen molar-refractivity contribution in [3.05, 3.63) is 57.0 Å². The maximum absolute atomic E-state index is 12.2. The summed E-state index contributed by atoms with van der Waals surface area (Å²) in [7, 11) is 0. The smallest absolute Gasteiger partial charge is 0.273 e. The number of hydrogen-bond acceptors (Lipinski definition) is 5. The highest BCUT2D eigenvalue weighted by Gasteiger charge is 2.31. The molecular formula is C15H14N2O3S2. The lowest BCUT2D eigenvalue weighted by Crippen LogP contribution is -2.27. The van der Waals surface area contributed by atoms with E-state index in [9.17, 15) is 14.9 Å². The molecule has 1 heterocycles.